The van der Waals surface area contributed by atoms with Crippen molar-refractivity contribution >= 4 is 0 Å². The third kappa shape index (κ3) is 2.34. The molecule has 0 heterocycles. The highest BCUT2D eigenvalue weighted by atomic mass is 16.3. The van der Waals surface area contributed by atoms with Gasteiger partial charge in [-0.25, -0.2) is 0 Å². The molecule has 0 aromatic heterocycles. The maximum atomic E-state index is 10.3. The third-order valence-corrected chi connectivity index (χ3v) is 3.37. The summed E-state index contributed by atoms with van der Waals surface area (Å²) in [6.45, 7) is 2.00. The normalized spacial score (nSPS) is 28.0. The van der Waals surface area contributed by atoms with E-state index in [0.717, 1.165) is 18.8 Å². The van der Waals surface area contributed by atoms with Gasteiger partial charge in [-0.1, -0.05) is 18.9 Å². The summed E-state index contributed by atoms with van der Waals surface area (Å²) in [4.78, 5) is 0. The minimum absolute atomic E-state index is 0.485. The molecular weight excluding hydrogens is 160 g/mol. The second-order valence-corrected chi connectivity index (χ2v) is 4.90. The Bertz CT molecular complexity index is 211. The smallest absolute Gasteiger partial charge is 0.0831 e. The van der Waals surface area contributed by atoms with Gasteiger partial charge in [0.25, 0.3) is 0 Å². The van der Waals surface area contributed by atoms with Crippen LogP contribution in [0.3, 0.4) is 0 Å². The van der Waals surface area contributed by atoms with E-state index in [2.05, 4.69) is 6.08 Å². The van der Waals surface area contributed by atoms with Crippen molar-refractivity contribution in [1.29, 1.82) is 0 Å². The standard InChI is InChI=1S/C12H20O/c1-12(13,9-10-7-8-10)11-5-3-2-4-6-11/h5,10,13H,2-4,6-9H2,1H3. The minimum atomic E-state index is -0.485. The van der Waals surface area contributed by atoms with E-state index in [-0.39, 0.29) is 0 Å². The highest BCUT2D eigenvalue weighted by molar-refractivity contribution is 5.17. The SMILES string of the molecule is CC(O)(CC1CC1)C1=CCCCC1. The zero-order valence-electron chi connectivity index (χ0n) is 8.55. The molecule has 0 radical (unpaired) electrons. The van der Waals surface area contributed by atoms with Gasteiger partial charge < -0.3 is 5.11 Å². The van der Waals surface area contributed by atoms with Crippen LogP contribution in [0.1, 0.15) is 51.9 Å². The van der Waals surface area contributed by atoms with Crippen molar-refractivity contribution in [2.75, 3.05) is 0 Å². The van der Waals surface area contributed by atoms with Gasteiger partial charge in [0, 0.05) is 0 Å². The lowest BCUT2D eigenvalue weighted by atomic mass is 9.83. The lowest BCUT2D eigenvalue weighted by molar-refractivity contribution is 0.0773. The minimum Gasteiger partial charge on any atom is -0.386 e. The fourth-order valence-electron chi connectivity index (χ4n) is 2.34. The molecule has 0 spiro atoms. The van der Waals surface area contributed by atoms with Crippen molar-refractivity contribution in [1.82, 2.24) is 0 Å². The van der Waals surface area contributed by atoms with Crippen LogP contribution >= 0.6 is 0 Å². The molecule has 2 aliphatic carbocycles. The molecule has 13 heavy (non-hydrogen) atoms. The van der Waals surface area contributed by atoms with Gasteiger partial charge >= 0.3 is 0 Å². The molecular formula is C12H20O. The average Bonchev–Trinajstić information content (AvgIpc) is 2.89. The Morgan fingerprint density at radius 2 is 2.23 bits per heavy atom. The van der Waals surface area contributed by atoms with Gasteiger partial charge in [-0.15, -0.1) is 0 Å². The molecule has 0 aliphatic heterocycles. The summed E-state index contributed by atoms with van der Waals surface area (Å²) in [6, 6.07) is 0. The summed E-state index contributed by atoms with van der Waals surface area (Å²) in [5.74, 6) is 0.817. The maximum Gasteiger partial charge on any atom is 0.0831 e. The van der Waals surface area contributed by atoms with Crippen LogP contribution in [-0.2, 0) is 0 Å². The Morgan fingerprint density at radius 1 is 1.46 bits per heavy atom. The molecule has 74 valence electrons. The van der Waals surface area contributed by atoms with Gasteiger partial charge in [0.2, 0.25) is 0 Å². The predicted octanol–water partition coefficient (Wildman–Crippen LogP) is 3.04. The van der Waals surface area contributed by atoms with Gasteiger partial charge in [0.1, 0.15) is 0 Å². The van der Waals surface area contributed by atoms with Crippen LogP contribution in [0.25, 0.3) is 0 Å². The number of rotatable bonds is 3. The van der Waals surface area contributed by atoms with Crippen LogP contribution < -0.4 is 0 Å². The van der Waals surface area contributed by atoms with Crippen LogP contribution in [0.15, 0.2) is 11.6 Å². The quantitative estimate of drug-likeness (QED) is 0.662. The maximum absolute atomic E-state index is 10.3. The van der Waals surface area contributed by atoms with E-state index in [9.17, 15) is 5.11 Å². The Labute approximate surface area is 80.8 Å². The van der Waals surface area contributed by atoms with Gasteiger partial charge in [0.05, 0.1) is 5.60 Å². The van der Waals surface area contributed by atoms with Gasteiger partial charge in [-0.3, -0.25) is 0 Å². The van der Waals surface area contributed by atoms with Crippen molar-refractivity contribution in [3.8, 4) is 0 Å². The summed E-state index contributed by atoms with van der Waals surface area (Å²) in [7, 11) is 0. The van der Waals surface area contributed by atoms with E-state index in [4.69, 9.17) is 0 Å². The first-order valence-corrected chi connectivity index (χ1v) is 5.60. The fraction of sp³-hybridized carbons (Fsp3) is 0.833. The molecule has 2 aliphatic rings. The van der Waals surface area contributed by atoms with E-state index >= 15 is 0 Å². The molecule has 2 rings (SSSR count). The summed E-state index contributed by atoms with van der Waals surface area (Å²) in [5.41, 5.74) is 0.826. The molecule has 0 aromatic rings. The van der Waals surface area contributed by atoms with E-state index in [1.54, 1.807) is 0 Å². The van der Waals surface area contributed by atoms with E-state index in [1.807, 2.05) is 6.92 Å². The topological polar surface area (TPSA) is 20.2 Å². The summed E-state index contributed by atoms with van der Waals surface area (Å²) < 4.78 is 0. The predicted molar refractivity (Wildman–Crippen MR) is 54.5 cm³/mol. The zero-order chi connectivity index (χ0) is 9.31. The van der Waals surface area contributed by atoms with Crippen LogP contribution in [0.5, 0.6) is 0 Å². The third-order valence-electron chi connectivity index (χ3n) is 3.37. The number of hydrogen-bond donors (Lipinski definition) is 1. The van der Waals surface area contributed by atoms with Crippen molar-refractivity contribution in [3.05, 3.63) is 11.6 Å². The van der Waals surface area contributed by atoms with Crippen molar-refractivity contribution in [2.45, 2.75) is 57.5 Å². The van der Waals surface area contributed by atoms with Crippen LogP contribution in [-0.4, -0.2) is 10.7 Å². The van der Waals surface area contributed by atoms with E-state index in [1.165, 1.54) is 37.7 Å². The molecule has 0 saturated heterocycles. The van der Waals surface area contributed by atoms with Gasteiger partial charge in [0.15, 0.2) is 0 Å². The molecule has 0 bridgehead atoms. The Hall–Kier alpha value is -0.300. The van der Waals surface area contributed by atoms with Gasteiger partial charge in [-0.2, -0.15) is 0 Å². The first-order valence-electron chi connectivity index (χ1n) is 5.60. The van der Waals surface area contributed by atoms with Gasteiger partial charge in [-0.05, 0) is 50.5 Å². The second-order valence-electron chi connectivity index (χ2n) is 4.90. The molecule has 1 unspecified atom stereocenters. The first-order chi connectivity index (χ1) is 6.18. The van der Waals surface area contributed by atoms with E-state index in [0.29, 0.717) is 0 Å². The molecule has 1 atom stereocenters. The Kier molecular flexibility index (Phi) is 2.46. The van der Waals surface area contributed by atoms with Crippen molar-refractivity contribution in [3.63, 3.8) is 0 Å². The molecule has 0 aromatic carbocycles. The molecule has 1 nitrogen and oxygen atoms in total. The summed E-state index contributed by atoms with van der Waals surface area (Å²) in [5, 5.41) is 10.3. The van der Waals surface area contributed by atoms with Crippen LogP contribution in [0, 0.1) is 5.92 Å². The molecule has 1 N–H and O–H groups in total. The van der Waals surface area contributed by atoms with Crippen molar-refractivity contribution in [2.24, 2.45) is 5.92 Å². The lowest BCUT2D eigenvalue weighted by Crippen LogP contribution is -2.28. The summed E-state index contributed by atoms with van der Waals surface area (Å²) in [6.07, 6.45) is 10.8. The monoisotopic (exact) mass is 180 g/mol. The average molecular weight is 180 g/mol. The lowest BCUT2D eigenvalue weighted by Gasteiger charge is -2.29. The molecule has 1 fully saturated rings. The first kappa shape index (κ1) is 9.26. The van der Waals surface area contributed by atoms with Crippen LogP contribution in [0.4, 0.5) is 0 Å². The van der Waals surface area contributed by atoms with E-state index < -0.39 is 5.60 Å². The highest BCUT2D eigenvalue weighted by Crippen LogP contribution is 2.40. The molecule has 1 heteroatoms. The number of aliphatic hydroxyl groups is 1. The number of allylic oxidation sites excluding steroid dienone is 1. The summed E-state index contributed by atoms with van der Waals surface area (Å²) >= 11 is 0. The fourth-order valence-corrected chi connectivity index (χ4v) is 2.34. The Morgan fingerprint density at radius 3 is 2.77 bits per heavy atom. The largest absolute Gasteiger partial charge is 0.386 e. The van der Waals surface area contributed by atoms with Crippen LogP contribution in [0.2, 0.25) is 0 Å². The molecule has 1 saturated carbocycles. The second kappa shape index (κ2) is 3.45. The van der Waals surface area contributed by atoms with Crippen molar-refractivity contribution < 1.29 is 5.11 Å². The Balaban J connectivity index is 1.98. The highest BCUT2D eigenvalue weighted by Gasteiger charge is 2.34. The molecule has 0 amide bonds. The zero-order valence-corrected chi connectivity index (χ0v) is 8.55. The number of hydrogen-bond acceptors (Lipinski definition) is 1.